The second-order valence-corrected chi connectivity index (χ2v) is 6.61. The Labute approximate surface area is 162 Å². The van der Waals surface area contributed by atoms with Gasteiger partial charge in [0.2, 0.25) is 5.91 Å². The van der Waals surface area contributed by atoms with E-state index in [1.807, 2.05) is 12.1 Å². The number of nitrogens with one attached hydrogen (secondary N) is 2. The van der Waals surface area contributed by atoms with Gasteiger partial charge in [0.15, 0.2) is 5.03 Å². The number of carbonyl (C=O) groups is 1. The quantitative estimate of drug-likeness (QED) is 0.534. The van der Waals surface area contributed by atoms with Crippen LogP contribution in [0.4, 0.5) is 11.5 Å². The zero-order valence-corrected chi connectivity index (χ0v) is 15.7. The standard InChI is InChI=1S/C19H19N5O2S/c1-2-3-8-26-16-6-4-15(5-7-16)23-17(25)12-27-19-14(11-21)9-13(10-20)18(22)24-19/h4-7,9H,2-3,8,12H2,1H3,(H2,22,24)(H,23,25)/p+1. The third-order valence-electron chi connectivity index (χ3n) is 3.56. The lowest BCUT2D eigenvalue weighted by Crippen LogP contribution is -2.19. The number of nitriles is 2. The largest absolute Gasteiger partial charge is 0.494 e. The van der Waals surface area contributed by atoms with E-state index in [1.165, 1.54) is 6.07 Å². The van der Waals surface area contributed by atoms with E-state index in [4.69, 9.17) is 15.7 Å². The van der Waals surface area contributed by atoms with Crippen molar-refractivity contribution >= 4 is 29.2 Å². The van der Waals surface area contributed by atoms with E-state index in [0.29, 0.717) is 17.3 Å². The highest BCUT2D eigenvalue weighted by Crippen LogP contribution is 2.21. The van der Waals surface area contributed by atoms with Gasteiger partial charge in [-0.1, -0.05) is 25.1 Å². The summed E-state index contributed by atoms with van der Waals surface area (Å²) in [7, 11) is 0. The van der Waals surface area contributed by atoms with Crippen molar-refractivity contribution in [1.82, 2.24) is 0 Å². The van der Waals surface area contributed by atoms with E-state index >= 15 is 0 Å². The molecular formula is C19H20N5O2S+. The third kappa shape index (κ3) is 5.91. The first-order valence-electron chi connectivity index (χ1n) is 8.38. The summed E-state index contributed by atoms with van der Waals surface area (Å²) in [6.45, 7) is 2.77. The summed E-state index contributed by atoms with van der Waals surface area (Å²) in [4.78, 5) is 14.9. The molecule has 138 valence electrons. The number of aromatic nitrogens is 1. The highest BCUT2D eigenvalue weighted by atomic mass is 32.2. The Bertz CT molecular complexity index is 885. The molecule has 7 nitrogen and oxygen atoms in total. The number of aromatic amines is 1. The van der Waals surface area contributed by atoms with Crippen molar-refractivity contribution in [2.75, 3.05) is 23.4 Å². The Hall–Kier alpha value is -3.23. The summed E-state index contributed by atoms with van der Waals surface area (Å²) < 4.78 is 5.58. The molecule has 1 aromatic heterocycles. The Morgan fingerprint density at radius 3 is 2.59 bits per heavy atom. The first-order chi connectivity index (χ1) is 13.1. The van der Waals surface area contributed by atoms with Crippen molar-refractivity contribution in [2.24, 2.45) is 0 Å². The number of hydrogen-bond acceptors (Lipinski definition) is 6. The summed E-state index contributed by atoms with van der Waals surface area (Å²) >= 11 is 1.14. The summed E-state index contributed by atoms with van der Waals surface area (Å²) in [5.74, 6) is 0.792. The van der Waals surface area contributed by atoms with Gasteiger partial charge in [0.1, 0.15) is 29.0 Å². The van der Waals surface area contributed by atoms with Crippen LogP contribution in [0, 0.1) is 22.7 Å². The number of ether oxygens (including phenoxy) is 1. The van der Waals surface area contributed by atoms with E-state index in [0.717, 1.165) is 30.4 Å². The van der Waals surface area contributed by atoms with Crippen molar-refractivity contribution in [3.05, 3.63) is 41.5 Å². The number of nitrogens with two attached hydrogens (primary N) is 1. The zero-order valence-electron chi connectivity index (χ0n) is 14.9. The highest BCUT2D eigenvalue weighted by molar-refractivity contribution is 7.99. The van der Waals surface area contributed by atoms with E-state index in [9.17, 15) is 10.1 Å². The molecule has 2 rings (SSSR count). The molecule has 0 aliphatic heterocycles. The first-order valence-corrected chi connectivity index (χ1v) is 9.37. The number of unbranched alkanes of at least 4 members (excludes halogenated alkanes) is 1. The maximum atomic E-state index is 12.1. The Morgan fingerprint density at radius 2 is 1.96 bits per heavy atom. The monoisotopic (exact) mass is 382 g/mol. The molecule has 0 bridgehead atoms. The summed E-state index contributed by atoms with van der Waals surface area (Å²) in [5, 5.41) is 21.4. The number of carbonyl (C=O) groups excluding carboxylic acids is 1. The predicted molar refractivity (Wildman–Crippen MR) is 103 cm³/mol. The normalized spacial score (nSPS) is 9.89. The second-order valence-electron chi connectivity index (χ2n) is 5.63. The predicted octanol–water partition coefficient (Wildman–Crippen LogP) is 2.74. The van der Waals surface area contributed by atoms with Crippen LogP contribution in [0.5, 0.6) is 5.75 Å². The van der Waals surface area contributed by atoms with Crippen LogP contribution >= 0.6 is 11.8 Å². The first kappa shape index (κ1) is 20.1. The van der Waals surface area contributed by atoms with E-state index in [-0.39, 0.29) is 28.6 Å². The number of rotatable bonds is 8. The average molecular weight is 382 g/mol. The van der Waals surface area contributed by atoms with Crippen LogP contribution in [0.3, 0.4) is 0 Å². The zero-order chi connectivity index (χ0) is 19.6. The van der Waals surface area contributed by atoms with E-state index in [1.54, 1.807) is 24.3 Å². The van der Waals surface area contributed by atoms with E-state index in [2.05, 4.69) is 17.2 Å². The number of thioether (sulfide) groups is 1. The molecule has 0 saturated carbocycles. The molecule has 4 N–H and O–H groups in total. The molecule has 0 aliphatic carbocycles. The maximum Gasteiger partial charge on any atom is 0.289 e. The van der Waals surface area contributed by atoms with Gasteiger partial charge in [-0.3, -0.25) is 10.5 Å². The van der Waals surface area contributed by atoms with Crippen molar-refractivity contribution in [3.63, 3.8) is 0 Å². The molecule has 0 spiro atoms. The fourth-order valence-electron chi connectivity index (χ4n) is 2.14. The fourth-order valence-corrected chi connectivity index (χ4v) is 2.93. The highest BCUT2D eigenvalue weighted by Gasteiger charge is 2.16. The molecule has 0 radical (unpaired) electrons. The molecule has 1 aromatic carbocycles. The lowest BCUT2D eigenvalue weighted by atomic mass is 10.2. The number of nitrogens with zero attached hydrogens (tertiary/aromatic N) is 2. The molecule has 0 unspecified atom stereocenters. The number of anilines is 2. The number of amides is 1. The minimum absolute atomic E-state index is 0.0886. The lowest BCUT2D eigenvalue weighted by molar-refractivity contribution is -0.410. The molecule has 8 heteroatoms. The van der Waals surface area contributed by atoms with Gasteiger partial charge in [-0.15, -0.1) is 0 Å². The molecule has 0 aliphatic rings. The van der Waals surface area contributed by atoms with Gasteiger partial charge in [0.05, 0.1) is 12.4 Å². The van der Waals surface area contributed by atoms with Gasteiger partial charge in [0.25, 0.3) is 5.82 Å². The molecular weight excluding hydrogens is 362 g/mol. The average Bonchev–Trinajstić information content (AvgIpc) is 2.68. The smallest absolute Gasteiger partial charge is 0.289 e. The number of H-pyrrole nitrogens is 1. The Morgan fingerprint density at radius 1 is 1.26 bits per heavy atom. The molecule has 27 heavy (non-hydrogen) atoms. The van der Waals surface area contributed by atoms with Gasteiger partial charge in [0, 0.05) is 5.69 Å². The van der Waals surface area contributed by atoms with Crippen LogP contribution in [0.25, 0.3) is 0 Å². The SMILES string of the molecule is CCCCOc1ccc(NC(=O)CSc2[nH+]c(N)c(C#N)cc2C#N)cc1. The summed E-state index contributed by atoms with van der Waals surface area (Å²) in [6.07, 6.45) is 2.07. The van der Waals surface area contributed by atoms with Crippen LogP contribution in [-0.4, -0.2) is 18.3 Å². The van der Waals surface area contributed by atoms with Crippen LogP contribution in [0.1, 0.15) is 30.9 Å². The van der Waals surface area contributed by atoms with Gasteiger partial charge in [-0.2, -0.15) is 10.5 Å². The van der Waals surface area contributed by atoms with Crippen molar-refractivity contribution < 1.29 is 14.5 Å². The molecule has 0 saturated heterocycles. The van der Waals surface area contributed by atoms with Crippen LogP contribution < -0.4 is 20.8 Å². The number of hydrogen-bond donors (Lipinski definition) is 2. The minimum atomic E-state index is -0.222. The third-order valence-corrected chi connectivity index (χ3v) is 4.58. The van der Waals surface area contributed by atoms with Crippen molar-refractivity contribution in [3.8, 4) is 17.9 Å². The Balaban J connectivity index is 1.92. The number of pyridine rings is 1. The van der Waals surface area contributed by atoms with Gasteiger partial charge in [-0.05, 0) is 36.8 Å². The number of nitrogen functional groups attached to an aromatic ring is 1. The van der Waals surface area contributed by atoms with Crippen molar-refractivity contribution in [1.29, 1.82) is 10.5 Å². The second kappa shape index (κ2) is 10.0. The van der Waals surface area contributed by atoms with Gasteiger partial charge < -0.3 is 10.1 Å². The van der Waals surface area contributed by atoms with Crippen molar-refractivity contribution in [2.45, 2.75) is 24.8 Å². The lowest BCUT2D eigenvalue weighted by Gasteiger charge is -2.08. The minimum Gasteiger partial charge on any atom is -0.494 e. The number of benzene rings is 1. The summed E-state index contributed by atoms with van der Waals surface area (Å²) in [5.41, 5.74) is 6.86. The molecule has 1 heterocycles. The fraction of sp³-hybridized carbons (Fsp3) is 0.263. The van der Waals surface area contributed by atoms with Gasteiger partial charge >= 0.3 is 0 Å². The van der Waals surface area contributed by atoms with Crippen LogP contribution in [0.15, 0.2) is 35.4 Å². The molecule has 2 aromatic rings. The van der Waals surface area contributed by atoms with Gasteiger partial charge in [-0.25, -0.2) is 4.98 Å². The van der Waals surface area contributed by atoms with Crippen LogP contribution in [-0.2, 0) is 4.79 Å². The summed E-state index contributed by atoms with van der Waals surface area (Å²) in [6, 6.07) is 12.5. The molecule has 1 amide bonds. The topological polar surface area (TPSA) is 126 Å². The van der Waals surface area contributed by atoms with E-state index < -0.39 is 0 Å². The molecule has 0 atom stereocenters. The molecule has 0 fully saturated rings. The Kier molecular flexibility index (Phi) is 7.48. The maximum absolute atomic E-state index is 12.1. The van der Waals surface area contributed by atoms with Crippen LogP contribution in [0.2, 0.25) is 0 Å².